The zero-order valence-corrected chi connectivity index (χ0v) is 10.9. The third-order valence-corrected chi connectivity index (χ3v) is 3.56. The molecule has 1 heterocycles. The standard InChI is InChI=1S/C13H18N2OS/c1-9-4-2-3-5-11(9)16-12-8-10(13(14)17)6-7-15-12/h6-9,11H,2-5H2,1H3,(H2,14,17). The Hall–Kier alpha value is -1.16. The summed E-state index contributed by atoms with van der Waals surface area (Å²) >= 11 is 4.94. The van der Waals surface area contributed by atoms with E-state index in [4.69, 9.17) is 22.7 Å². The number of hydrogen-bond donors (Lipinski definition) is 1. The highest BCUT2D eigenvalue weighted by atomic mass is 32.1. The van der Waals surface area contributed by atoms with E-state index in [2.05, 4.69) is 11.9 Å². The minimum atomic E-state index is 0.276. The summed E-state index contributed by atoms with van der Waals surface area (Å²) < 4.78 is 5.93. The van der Waals surface area contributed by atoms with Crippen LogP contribution in [0.15, 0.2) is 18.3 Å². The number of ether oxygens (including phenoxy) is 1. The first-order valence-electron chi connectivity index (χ1n) is 6.09. The maximum absolute atomic E-state index is 5.93. The van der Waals surface area contributed by atoms with Gasteiger partial charge in [-0.05, 0) is 31.2 Å². The van der Waals surface area contributed by atoms with Gasteiger partial charge in [0.05, 0.1) is 0 Å². The van der Waals surface area contributed by atoms with Crippen molar-refractivity contribution in [3.05, 3.63) is 23.9 Å². The molecule has 4 heteroatoms. The summed E-state index contributed by atoms with van der Waals surface area (Å²) in [6.07, 6.45) is 6.86. The van der Waals surface area contributed by atoms with Crippen LogP contribution in [0, 0.1) is 5.92 Å². The lowest BCUT2D eigenvalue weighted by molar-refractivity contribution is 0.0976. The van der Waals surface area contributed by atoms with Crippen LogP contribution in [-0.2, 0) is 0 Å². The quantitative estimate of drug-likeness (QED) is 0.838. The van der Waals surface area contributed by atoms with E-state index in [0.717, 1.165) is 12.0 Å². The van der Waals surface area contributed by atoms with Gasteiger partial charge in [0, 0.05) is 17.8 Å². The van der Waals surface area contributed by atoms with Gasteiger partial charge in [0.2, 0.25) is 5.88 Å². The third kappa shape index (κ3) is 3.16. The molecule has 1 aliphatic carbocycles. The van der Waals surface area contributed by atoms with Crippen LogP contribution in [0.2, 0.25) is 0 Å². The van der Waals surface area contributed by atoms with Gasteiger partial charge in [0.25, 0.3) is 0 Å². The van der Waals surface area contributed by atoms with Crippen LogP contribution in [0.1, 0.15) is 38.2 Å². The van der Waals surface area contributed by atoms with E-state index in [-0.39, 0.29) is 6.10 Å². The lowest BCUT2D eigenvalue weighted by atomic mass is 9.88. The Bertz CT molecular complexity index is 408. The lowest BCUT2D eigenvalue weighted by Crippen LogP contribution is -2.28. The van der Waals surface area contributed by atoms with Crippen LogP contribution in [0.3, 0.4) is 0 Å². The largest absolute Gasteiger partial charge is 0.474 e. The van der Waals surface area contributed by atoms with Crippen LogP contribution in [-0.4, -0.2) is 16.1 Å². The molecule has 1 saturated carbocycles. The molecule has 92 valence electrons. The predicted octanol–water partition coefficient (Wildman–Crippen LogP) is 2.67. The molecule has 0 bridgehead atoms. The monoisotopic (exact) mass is 250 g/mol. The van der Waals surface area contributed by atoms with Gasteiger partial charge in [0.15, 0.2) is 0 Å². The van der Waals surface area contributed by atoms with Crippen molar-refractivity contribution in [2.45, 2.75) is 38.7 Å². The summed E-state index contributed by atoms with van der Waals surface area (Å²) in [5, 5.41) is 0. The molecule has 1 aliphatic rings. The van der Waals surface area contributed by atoms with Gasteiger partial charge in [-0.15, -0.1) is 0 Å². The van der Waals surface area contributed by atoms with E-state index in [0.29, 0.717) is 16.8 Å². The maximum Gasteiger partial charge on any atom is 0.214 e. The molecule has 1 aromatic rings. The number of thiocarbonyl (C=S) groups is 1. The molecule has 0 radical (unpaired) electrons. The van der Waals surface area contributed by atoms with Crippen LogP contribution in [0.25, 0.3) is 0 Å². The molecule has 0 aromatic carbocycles. The Balaban J connectivity index is 2.07. The first kappa shape index (κ1) is 12.3. The second-order valence-electron chi connectivity index (χ2n) is 4.67. The summed E-state index contributed by atoms with van der Waals surface area (Å²) in [5.74, 6) is 1.23. The average molecular weight is 250 g/mol. The minimum absolute atomic E-state index is 0.276. The summed E-state index contributed by atoms with van der Waals surface area (Å²) in [6.45, 7) is 2.24. The Morgan fingerprint density at radius 2 is 2.24 bits per heavy atom. The molecule has 0 aliphatic heterocycles. The van der Waals surface area contributed by atoms with E-state index < -0.39 is 0 Å². The molecule has 0 spiro atoms. The predicted molar refractivity (Wildman–Crippen MR) is 72.2 cm³/mol. The van der Waals surface area contributed by atoms with E-state index in [1.54, 1.807) is 12.3 Å². The zero-order chi connectivity index (χ0) is 12.3. The lowest BCUT2D eigenvalue weighted by Gasteiger charge is -2.28. The molecule has 1 fully saturated rings. The highest BCUT2D eigenvalue weighted by Crippen LogP contribution is 2.27. The Morgan fingerprint density at radius 1 is 1.47 bits per heavy atom. The highest BCUT2D eigenvalue weighted by molar-refractivity contribution is 7.80. The summed E-state index contributed by atoms with van der Waals surface area (Å²) in [5.41, 5.74) is 6.40. The smallest absolute Gasteiger partial charge is 0.214 e. The van der Waals surface area contributed by atoms with Crippen molar-refractivity contribution in [2.75, 3.05) is 0 Å². The molecule has 2 rings (SSSR count). The highest BCUT2D eigenvalue weighted by Gasteiger charge is 2.23. The van der Waals surface area contributed by atoms with Gasteiger partial charge in [-0.25, -0.2) is 4.98 Å². The number of nitrogens with zero attached hydrogens (tertiary/aromatic N) is 1. The first-order chi connectivity index (χ1) is 8.16. The molecule has 2 atom stereocenters. The summed E-state index contributed by atoms with van der Waals surface area (Å²) in [4.78, 5) is 4.60. The number of nitrogens with two attached hydrogens (primary N) is 1. The number of hydrogen-bond acceptors (Lipinski definition) is 3. The Morgan fingerprint density at radius 3 is 2.94 bits per heavy atom. The van der Waals surface area contributed by atoms with E-state index in [9.17, 15) is 0 Å². The Labute approximate surface area is 107 Å². The van der Waals surface area contributed by atoms with Crippen molar-refractivity contribution < 1.29 is 4.74 Å². The fourth-order valence-corrected chi connectivity index (χ4v) is 2.37. The van der Waals surface area contributed by atoms with Gasteiger partial charge in [-0.1, -0.05) is 25.6 Å². The SMILES string of the molecule is CC1CCCCC1Oc1cc(C(N)=S)ccn1. The van der Waals surface area contributed by atoms with Crippen molar-refractivity contribution in [2.24, 2.45) is 11.7 Å². The van der Waals surface area contributed by atoms with Crippen molar-refractivity contribution >= 4 is 17.2 Å². The zero-order valence-electron chi connectivity index (χ0n) is 10.1. The van der Waals surface area contributed by atoms with E-state index in [1.165, 1.54) is 19.3 Å². The molecule has 3 nitrogen and oxygen atoms in total. The molecular weight excluding hydrogens is 232 g/mol. The van der Waals surface area contributed by atoms with E-state index in [1.807, 2.05) is 6.07 Å². The maximum atomic E-state index is 5.93. The van der Waals surface area contributed by atoms with Crippen molar-refractivity contribution in [3.8, 4) is 5.88 Å². The molecule has 0 saturated heterocycles. The normalized spacial score (nSPS) is 24.3. The topological polar surface area (TPSA) is 48.1 Å². The summed E-state index contributed by atoms with van der Waals surface area (Å²) in [7, 11) is 0. The minimum Gasteiger partial charge on any atom is -0.474 e. The van der Waals surface area contributed by atoms with Crippen LogP contribution in [0.4, 0.5) is 0 Å². The average Bonchev–Trinajstić information content (AvgIpc) is 2.32. The fraction of sp³-hybridized carbons (Fsp3) is 0.538. The van der Waals surface area contributed by atoms with Gasteiger partial charge < -0.3 is 10.5 Å². The number of pyridine rings is 1. The second-order valence-corrected chi connectivity index (χ2v) is 5.10. The van der Waals surface area contributed by atoms with E-state index >= 15 is 0 Å². The van der Waals surface area contributed by atoms with Crippen molar-refractivity contribution in [3.63, 3.8) is 0 Å². The number of rotatable bonds is 3. The number of aromatic nitrogens is 1. The molecule has 0 amide bonds. The van der Waals surface area contributed by atoms with Crippen molar-refractivity contribution in [1.82, 2.24) is 4.98 Å². The van der Waals surface area contributed by atoms with Crippen molar-refractivity contribution in [1.29, 1.82) is 0 Å². The molecule has 2 unspecified atom stereocenters. The fourth-order valence-electron chi connectivity index (χ4n) is 2.24. The van der Waals surface area contributed by atoms with Crippen LogP contribution in [0.5, 0.6) is 5.88 Å². The van der Waals surface area contributed by atoms with Crippen LogP contribution >= 0.6 is 12.2 Å². The van der Waals surface area contributed by atoms with Crippen LogP contribution < -0.4 is 10.5 Å². The van der Waals surface area contributed by atoms with Gasteiger partial charge >= 0.3 is 0 Å². The molecular formula is C13H18N2OS. The van der Waals surface area contributed by atoms with Gasteiger partial charge in [-0.2, -0.15) is 0 Å². The van der Waals surface area contributed by atoms with Gasteiger partial charge in [-0.3, -0.25) is 0 Å². The molecule has 2 N–H and O–H groups in total. The Kier molecular flexibility index (Phi) is 3.94. The van der Waals surface area contributed by atoms with Gasteiger partial charge in [0.1, 0.15) is 11.1 Å². The summed E-state index contributed by atoms with van der Waals surface area (Å²) in [6, 6.07) is 3.63. The first-order valence-corrected chi connectivity index (χ1v) is 6.50. The second kappa shape index (κ2) is 5.45. The molecule has 1 aromatic heterocycles. The third-order valence-electron chi connectivity index (χ3n) is 3.32. The molecule has 17 heavy (non-hydrogen) atoms.